The molecule has 116 valence electrons. The number of piperidine rings is 1. The van der Waals surface area contributed by atoms with Crippen LogP contribution in [0, 0.1) is 12.8 Å². The molecular formula is C16H21N5O. The third kappa shape index (κ3) is 2.26. The molecule has 0 radical (unpaired) electrons. The summed E-state index contributed by atoms with van der Waals surface area (Å²) < 4.78 is 1.86. The zero-order valence-electron chi connectivity index (χ0n) is 12.9. The van der Waals surface area contributed by atoms with Crippen LogP contribution in [-0.2, 0) is 4.79 Å². The van der Waals surface area contributed by atoms with Gasteiger partial charge in [0.15, 0.2) is 11.5 Å². The standard InChI is InChI=1S/C16H21N5O/c1-11-5-6-14-17-18-15(21(14)19-11)12-7-9-20(10-8-12)16(22)13-3-2-4-13/h5-6,12-13H,2-4,7-10H2,1H3. The molecule has 6 nitrogen and oxygen atoms in total. The number of amides is 1. The molecular weight excluding hydrogens is 278 g/mol. The molecule has 4 rings (SSSR count). The van der Waals surface area contributed by atoms with Gasteiger partial charge in [-0.2, -0.15) is 9.61 Å². The van der Waals surface area contributed by atoms with E-state index in [4.69, 9.17) is 0 Å². The summed E-state index contributed by atoms with van der Waals surface area (Å²) in [6.07, 6.45) is 5.28. The van der Waals surface area contributed by atoms with E-state index in [1.807, 2.05) is 28.5 Å². The molecule has 0 unspecified atom stereocenters. The second-order valence-electron chi connectivity index (χ2n) is 6.53. The normalized spacial score (nSPS) is 20.3. The van der Waals surface area contributed by atoms with Gasteiger partial charge in [0.25, 0.3) is 0 Å². The Balaban J connectivity index is 1.48. The fourth-order valence-electron chi connectivity index (χ4n) is 3.42. The van der Waals surface area contributed by atoms with Gasteiger partial charge in [-0.25, -0.2) is 0 Å². The Hall–Kier alpha value is -1.98. The molecule has 2 aromatic heterocycles. The van der Waals surface area contributed by atoms with E-state index in [-0.39, 0.29) is 0 Å². The number of fused-ring (bicyclic) bond motifs is 1. The third-order valence-electron chi connectivity index (χ3n) is 5.05. The quantitative estimate of drug-likeness (QED) is 0.850. The summed E-state index contributed by atoms with van der Waals surface area (Å²) in [6, 6.07) is 3.90. The average Bonchev–Trinajstić information content (AvgIpc) is 2.88. The number of carbonyl (C=O) groups is 1. The largest absolute Gasteiger partial charge is 0.342 e. The smallest absolute Gasteiger partial charge is 0.225 e. The van der Waals surface area contributed by atoms with Crippen molar-refractivity contribution < 1.29 is 4.79 Å². The summed E-state index contributed by atoms with van der Waals surface area (Å²) in [5.74, 6) is 1.95. The van der Waals surface area contributed by atoms with Crippen LogP contribution < -0.4 is 0 Å². The Morgan fingerprint density at radius 1 is 1.14 bits per heavy atom. The maximum Gasteiger partial charge on any atom is 0.225 e. The topological polar surface area (TPSA) is 63.4 Å². The Labute approximate surface area is 129 Å². The van der Waals surface area contributed by atoms with Gasteiger partial charge in [0.05, 0.1) is 5.69 Å². The minimum Gasteiger partial charge on any atom is -0.342 e. The van der Waals surface area contributed by atoms with Crippen molar-refractivity contribution in [3.8, 4) is 0 Å². The van der Waals surface area contributed by atoms with Crippen LogP contribution >= 0.6 is 0 Å². The van der Waals surface area contributed by atoms with Crippen LogP contribution in [0.3, 0.4) is 0 Å². The van der Waals surface area contributed by atoms with E-state index in [1.54, 1.807) is 0 Å². The summed E-state index contributed by atoms with van der Waals surface area (Å²) in [5.41, 5.74) is 1.76. The summed E-state index contributed by atoms with van der Waals surface area (Å²) in [4.78, 5) is 14.4. The lowest BCUT2D eigenvalue weighted by Gasteiger charge is -2.36. The second kappa shape index (κ2) is 5.34. The molecule has 1 amide bonds. The van der Waals surface area contributed by atoms with Crippen molar-refractivity contribution in [2.45, 2.75) is 44.9 Å². The molecule has 2 fully saturated rings. The predicted molar refractivity (Wildman–Crippen MR) is 81.4 cm³/mol. The summed E-state index contributed by atoms with van der Waals surface area (Å²) in [6.45, 7) is 3.64. The number of aromatic nitrogens is 4. The zero-order valence-corrected chi connectivity index (χ0v) is 12.9. The number of aryl methyl sites for hydroxylation is 1. The molecule has 22 heavy (non-hydrogen) atoms. The molecule has 1 aliphatic carbocycles. The van der Waals surface area contributed by atoms with Crippen LogP contribution in [0.25, 0.3) is 5.65 Å². The average molecular weight is 299 g/mol. The van der Waals surface area contributed by atoms with Crippen molar-refractivity contribution in [3.05, 3.63) is 23.7 Å². The van der Waals surface area contributed by atoms with Gasteiger partial charge in [0.2, 0.25) is 5.91 Å². The van der Waals surface area contributed by atoms with Crippen LogP contribution in [0.15, 0.2) is 12.1 Å². The van der Waals surface area contributed by atoms with Crippen LogP contribution in [0.4, 0.5) is 0 Å². The van der Waals surface area contributed by atoms with E-state index in [2.05, 4.69) is 15.3 Å². The Morgan fingerprint density at radius 3 is 2.59 bits per heavy atom. The monoisotopic (exact) mass is 299 g/mol. The Morgan fingerprint density at radius 2 is 1.91 bits per heavy atom. The Bertz CT molecular complexity index is 698. The van der Waals surface area contributed by atoms with Crippen LogP contribution in [0.1, 0.15) is 49.5 Å². The minimum atomic E-state index is 0.301. The summed E-state index contributed by atoms with van der Waals surface area (Å²) in [7, 11) is 0. The first-order chi connectivity index (χ1) is 10.7. The number of hydrogen-bond donors (Lipinski definition) is 0. The van der Waals surface area contributed by atoms with E-state index in [0.717, 1.165) is 55.9 Å². The van der Waals surface area contributed by atoms with Gasteiger partial charge in [-0.05, 0) is 44.7 Å². The van der Waals surface area contributed by atoms with Crippen molar-refractivity contribution >= 4 is 11.6 Å². The molecule has 1 saturated heterocycles. The SMILES string of the molecule is Cc1ccc2nnc(C3CCN(C(=O)C4CCC4)CC3)n2n1. The van der Waals surface area contributed by atoms with Crippen LogP contribution in [0.2, 0.25) is 0 Å². The van der Waals surface area contributed by atoms with Gasteiger partial charge in [-0.1, -0.05) is 6.42 Å². The fraction of sp³-hybridized carbons (Fsp3) is 0.625. The van der Waals surface area contributed by atoms with Crippen molar-refractivity contribution in [3.63, 3.8) is 0 Å². The van der Waals surface area contributed by atoms with Crippen molar-refractivity contribution in [2.75, 3.05) is 13.1 Å². The Kier molecular flexibility index (Phi) is 3.32. The molecule has 0 bridgehead atoms. The van der Waals surface area contributed by atoms with E-state index in [9.17, 15) is 4.79 Å². The maximum absolute atomic E-state index is 12.3. The minimum absolute atomic E-state index is 0.301. The highest BCUT2D eigenvalue weighted by Gasteiger charge is 2.33. The highest BCUT2D eigenvalue weighted by atomic mass is 16.2. The molecule has 0 N–H and O–H groups in total. The summed E-state index contributed by atoms with van der Waals surface area (Å²) >= 11 is 0. The molecule has 2 aromatic rings. The van der Waals surface area contributed by atoms with E-state index >= 15 is 0 Å². The molecule has 3 heterocycles. The predicted octanol–water partition coefficient (Wildman–Crippen LogP) is 1.94. The first kappa shape index (κ1) is 13.7. The summed E-state index contributed by atoms with van der Waals surface area (Å²) in [5, 5.41) is 13.1. The van der Waals surface area contributed by atoms with E-state index < -0.39 is 0 Å². The van der Waals surface area contributed by atoms with Crippen LogP contribution in [0.5, 0.6) is 0 Å². The zero-order chi connectivity index (χ0) is 15.1. The van der Waals surface area contributed by atoms with Gasteiger partial charge in [0, 0.05) is 24.9 Å². The molecule has 6 heteroatoms. The molecule has 0 aromatic carbocycles. The molecule has 1 saturated carbocycles. The third-order valence-corrected chi connectivity index (χ3v) is 5.05. The first-order valence-electron chi connectivity index (χ1n) is 8.20. The number of nitrogens with zero attached hydrogens (tertiary/aromatic N) is 5. The lowest BCUT2D eigenvalue weighted by molar-refractivity contribution is -0.139. The molecule has 0 spiro atoms. The fourth-order valence-corrected chi connectivity index (χ4v) is 3.42. The van der Waals surface area contributed by atoms with Crippen molar-refractivity contribution in [1.29, 1.82) is 0 Å². The van der Waals surface area contributed by atoms with Gasteiger partial charge in [-0.3, -0.25) is 4.79 Å². The molecule has 0 atom stereocenters. The van der Waals surface area contributed by atoms with Gasteiger partial charge in [0.1, 0.15) is 0 Å². The highest BCUT2D eigenvalue weighted by Crippen LogP contribution is 2.32. The van der Waals surface area contributed by atoms with E-state index in [0.29, 0.717) is 17.7 Å². The maximum atomic E-state index is 12.3. The lowest BCUT2D eigenvalue weighted by atomic mass is 9.83. The van der Waals surface area contributed by atoms with Gasteiger partial charge in [-0.15, -0.1) is 10.2 Å². The first-order valence-corrected chi connectivity index (χ1v) is 8.20. The van der Waals surface area contributed by atoms with E-state index in [1.165, 1.54) is 6.42 Å². The van der Waals surface area contributed by atoms with Gasteiger partial charge >= 0.3 is 0 Å². The molecule has 1 aliphatic heterocycles. The molecule has 2 aliphatic rings. The van der Waals surface area contributed by atoms with Crippen LogP contribution in [-0.4, -0.2) is 43.7 Å². The number of hydrogen-bond acceptors (Lipinski definition) is 4. The number of carbonyl (C=O) groups excluding carboxylic acids is 1. The number of likely N-dealkylation sites (tertiary alicyclic amines) is 1. The lowest BCUT2D eigenvalue weighted by Crippen LogP contribution is -2.43. The van der Waals surface area contributed by atoms with Crippen molar-refractivity contribution in [1.82, 2.24) is 24.7 Å². The second-order valence-corrected chi connectivity index (χ2v) is 6.53. The highest BCUT2D eigenvalue weighted by molar-refractivity contribution is 5.79. The number of rotatable bonds is 2. The van der Waals surface area contributed by atoms with Crippen molar-refractivity contribution in [2.24, 2.45) is 5.92 Å². The van der Waals surface area contributed by atoms with Gasteiger partial charge < -0.3 is 4.90 Å².